The zero-order chi connectivity index (χ0) is 37.0. The van der Waals surface area contributed by atoms with E-state index in [2.05, 4.69) is 162 Å². The Morgan fingerprint density at radius 2 is 0.964 bits per heavy atom. The quantitative estimate of drug-likeness (QED) is 0.171. The fraction of sp³-hybridized carbons (Fsp3) is 0. The third kappa shape index (κ3) is 5.38. The Balaban J connectivity index is 1.12. The molecule has 5 nitrogen and oxygen atoms in total. The Labute approximate surface area is 326 Å². The number of fused-ring (bicyclic) bond motifs is 6. The maximum atomic E-state index is 5.24. The first-order valence-corrected chi connectivity index (χ1v) is 19.5. The van der Waals surface area contributed by atoms with E-state index >= 15 is 0 Å². The number of aromatic nitrogens is 5. The summed E-state index contributed by atoms with van der Waals surface area (Å²) in [6.07, 6.45) is 1.87. The van der Waals surface area contributed by atoms with Gasteiger partial charge in [0.2, 0.25) is 0 Å². The Hall–Kier alpha value is -7.28. The van der Waals surface area contributed by atoms with Crippen LogP contribution in [0.3, 0.4) is 0 Å². The lowest BCUT2D eigenvalue weighted by Crippen LogP contribution is -2.02. The third-order valence-electron chi connectivity index (χ3n) is 10.5. The van der Waals surface area contributed by atoms with E-state index in [-0.39, 0.29) is 0 Å². The molecule has 0 N–H and O–H groups in total. The maximum Gasteiger partial charge on any atom is 0.164 e. The second kappa shape index (κ2) is 13.2. The largest absolute Gasteiger partial charge is 0.309 e. The molecule has 4 heterocycles. The molecule has 0 fully saturated rings. The van der Waals surface area contributed by atoms with Crippen molar-refractivity contribution in [1.29, 1.82) is 0 Å². The van der Waals surface area contributed by atoms with Gasteiger partial charge in [-0.2, -0.15) is 0 Å². The van der Waals surface area contributed by atoms with Crippen LogP contribution in [-0.2, 0) is 0 Å². The van der Waals surface area contributed by atoms with Gasteiger partial charge in [0.05, 0.1) is 26.9 Å². The summed E-state index contributed by atoms with van der Waals surface area (Å²) < 4.78 is 4.78. The minimum Gasteiger partial charge on any atom is -0.309 e. The zero-order valence-electron chi connectivity index (χ0n) is 30.0. The van der Waals surface area contributed by atoms with Crippen molar-refractivity contribution in [3.05, 3.63) is 188 Å². The molecule has 4 aromatic heterocycles. The van der Waals surface area contributed by atoms with E-state index < -0.39 is 0 Å². The second-order valence-electron chi connectivity index (χ2n) is 13.9. The number of nitrogens with zero attached hydrogens (tertiary/aromatic N) is 5. The molecule has 0 saturated carbocycles. The molecule has 11 rings (SSSR count). The van der Waals surface area contributed by atoms with E-state index in [4.69, 9.17) is 19.9 Å². The Bertz CT molecular complexity index is 3200. The molecular weight excluding hydrogens is 703 g/mol. The summed E-state index contributed by atoms with van der Waals surface area (Å²) in [7, 11) is 0. The van der Waals surface area contributed by atoms with Crippen LogP contribution >= 0.6 is 11.3 Å². The van der Waals surface area contributed by atoms with Crippen LogP contribution in [0.2, 0.25) is 0 Å². The van der Waals surface area contributed by atoms with Crippen molar-refractivity contribution < 1.29 is 0 Å². The van der Waals surface area contributed by atoms with Crippen LogP contribution < -0.4 is 0 Å². The first-order chi connectivity index (χ1) is 27.8. The molecule has 0 aliphatic carbocycles. The van der Waals surface area contributed by atoms with Crippen LogP contribution in [0.4, 0.5) is 0 Å². The van der Waals surface area contributed by atoms with Gasteiger partial charge in [0.15, 0.2) is 17.5 Å². The lowest BCUT2D eigenvalue weighted by molar-refractivity contribution is 1.07. The van der Waals surface area contributed by atoms with E-state index in [1.54, 1.807) is 11.3 Å². The van der Waals surface area contributed by atoms with Crippen LogP contribution in [0.15, 0.2) is 188 Å². The molecule has 11 aromatic rings. The second-order valence-corrected chi connectivity index (χ2v) is 14.9. The molecule has 56 heavy (non-hydrogen) atoms. The SMILES string of the molecule is c1ccc(-c2nc(-c3cccc(-c4cccc5c4sc4cccnc45)c3)nc(-c3ccc(-c4ccccc4)c(-n4c5ccccc5c5ccccc54)c3)n2)cc1. The van der Waals surface area contributed by atoms with E-state index in [0.29, 0.717) is 17.5 Å². The fourth-order valence-electron chi connectivity index (χ4n) is 7.92. The van der Waals surface area contributed by atoms with Gasteiger partial charge in [-0.25, -0.2) is 15.0 Å². The van der Waals surface area contributed by atoms with Gasteiger partial charge in [0, 0.05) is 49.3 Å². The number of para-hydroxylation sites is 2. The predicted octanol–water partition coefficient (Wildman–Crippen LogP) is 13.1. The molecule has 0 radical (unpaired) electrons. The monoisotopic (exact) mass is 733 g/mol. The van der Waals surface area contributed by atoms with Gasteiger partial charge in [-0.3, -0.25) is 4.98 Å². The summed E-state index contributed by atoms with van der Waals surface area (Å²) in [5.41, 5.74) is 11.7. The predicted molar refractivity (Wildman–Crippen MR) is 232 cm³/mol. The first-order valence-electron chi connectivity index (χ1n) is 18.6. The number of benzene rings is 7. The van der Waals surface area contributed by atoms with Crippen molar-refractivity contribution in [1.82, 2.24) is 24.5 Å². The summed E-state index contributed by atoms with van der Waals surface area (Å²) >= 11 is 1.78. The van der Waals surface area contributed by atoms with Crippen molar-refractivity contribution in [2.75, 3.05) is 0 Å². The summed E-state index contributed by atoms with van der Waals surface area (Å²) in [6.45, 7) is 0. The Kier molecular flexibility index (Phi) is 7.60. The summed E-state index contributed by atoms with van der Waals surface area (Å²) in [4.78, 5) is 20.2. The third-order valence-corrected chi connectivity index (χ3v) is 11.7. The molecular formula is C50H31N5S. The van der Waals surface area contributed by atoms with Crippen molar-refractivity contribution in [2.45, 2.75) is 0 Å². The van der Waals surface area contributed by atoms with Gasteiger partial charge >= 0.3 is 0 Å². The van der Waals surface area contributed by atoms with Gasteiger partial charge < -0.3 is 4.57 Å². The molecule has 0 spiro atoms. The van der Waals surface area contributed by atoms with Gasteiger partial charge in [0.25, 0.3) is 0 Å². The normalized spacial score (nSPS) is 11.6. The number of thiophene rings is 1. The van der Waals surface area contributed by atoms with E-state index in [1.165, 1.54) is 25.6 Å². The van der Waals surface area contributed by atoms with E-state index in [1.807, 2.05) is 30.5 Å². The Morgan fingerprint density at radius 3 is 1.70 bits per heavy atom. The molecule has 262 valence electrons. The van der Waals surface area contributed by atoms with Crippen LogP contribution in [-0.4, -0.2) is 24.5 Å². The molecule has 0 aliphatic heterocycles. The van der Waals surface area contributed by atoms with Crippen molar-refractivity contribution in [3.8, 4) is 62.1 Å². The maximum absolute atomic E-state index is 5.24. The minimum absolute atomic E-state index is 0.610. The summed E-state index contributed by atoms with van der Waals surface area (Å²) in [6, 6.07) is 63.8. The van der Waals surface area contributed by atoms with Crippen molar-refractivity contribution >= 4 is 53.4 Å². The van der Waals surface area contributed by atoms with Crippen LogP contribution in [0.1, 0.15) is 0 Å². The highest BCUT2D eigenvalue weighted by Gasteiger charge is 2.19. The summed E-state index contributed by atoms with van der Waals surface area (Å²) in [5, 5.41) is 3.59. The standard InChI is InChI=1S/C50H31N5S/c1-3-14-32(15-4-1)37-28-27-36(31-44(37)55-42-24-9-7-20-39(42)40-21-8-10-25-43(40)55)50-53-48(33-16-5-2-6-17-33)52-49(54-50)35-19-11-18-34(30-35)38-22-12-23-41-46-45(56-47(38)41)26-13-29-51-46/h1-31H. The van der Waals surface area contributed by atoms with Gasteiger partial charge in [-0.15, -0.1) is 11.3 Å². The van der Waals surface area contributed by atoms with Gasteiger partial charge in [-0.1, -0.05) is 146 Å². The zero-order valence-corrected chi connectivity index (χ0v) is 30.9. The molecule has 0 atom stereocenters. The minimum atomic E-state index is 0.610. The van der Waals surface area contributed by atoms with Gasteiger partial charge in [-0.05, 0) is 53.1 Å². The molecule has 6 heteroatoms. The topological polar surface area (TPSA) is 56.5 Å². The molecule has 7 aromatic carbocycles. The van der Waals surface area contributed by atoms with Crippen LogP contribution in [0, 0.1) is 0 Å². The van der Waals surface area contributed by atoms with Gasteiger partial charge in [0.1, 0.15) is 0 Å². The Morgan fingerprint density at radius 1 is 0.393 bits per heavy atom. The lowest BCUT2D eigenvalue weighted by atomic mass is 10.00. The smallest absolute Gasteiger partial charge is 0.164 e. The average molecular weight is 734 g/mol. The molecule has 0 saturated heterocycles. The number of hydrogen-bond acceptors (Lipinski definition) is 5. The highest BCUT2D eigenvalue weighted by molar-refractivity contribution is 7.26. The first kappa shape index (κ1) is 32.2. The van der Waals surface area contributed by atoms with Crippen LogP contribution in [0.5, 0.6) is 0 Å². The number of pyridine rings is 1. The fourth-order valence-corrected chi connectivity index (χ4v) is 9.12. The molecule has 0 unspecified atom stereocenters. The highest BCUT2D eigenvalue weighted by Crippen LogP contribution is 2.41. The molecule has 0 bridgehead atoms. The number of rotatable bonds is 6. The average Bonchev–Trinajstić information content (AvgIpc) is 3.83. The van der Waals surface area contributed by atoms with E-state index in [9.17, 15) is 0 Å². The van der Waals surface area contributed by atoms with Crippen LogP contribution in [0.25, 0.3) is 104 Å². The molecule has 0 aliphatic rings. The highest BCUT2D eigenvalue weighted by atomic mass is 32.1. The molecule has 0 amide bonds. The van der Waals surface area contributed by atoms with Crippen molar-refractivity contribution in [2.24, 2.45) is 0 Å². The van der Waals surface area contributed by atoms with E-state index in [0.717, 1.165) is 61.2 Å². The number of hydrogen-bond donors (Lipinski definition) is 0. The summed E-state index contributed by atoms with van der Waals surface area (Å²) in [5.74, 6) is 1.85. The lowest BCUT2D eigenvalue weighted by Gasteiger charge is -2.16. The van der Waals surface area contributed by atoms with Crippen molar-refractivity contribution in [3.63, 3.8) is 0 Å².